The summed E-state index contributed by atoms with van der Waals surface area (Å²) in [6.45, 7) is 0.868. The Hall–Kier alpha value is -2.97. The third-order valence-corrected chi connectivity index (χ3v) is 9.68. The molecule has 1 saturated heterocycles. The van der Waals surface area contributed by atoms with Crippen molar-refractivity contribution in [2.24, 2.45) is 23.7 Å². The van der Waals surface area contributed by atoms with Crippen molar-refractivity contribution in [3.8, 4) is 17.1 Å². The molecule has 1 aliphatic heterocycles. The minimum Gasteiger partial charge on any atom is -0.484 e. The number of carbonyl (C=O) groups excluding carboxylic acids is 1. The normalized spacial score (nSPS) is 31.3. The first-order chi connectivity index (χ1) is 18.8. The first-order valence-electron chi connectivity index (χ1n) is 13.9. The lowest BCUT2D eigenvalue weighted by atomic mass is 9.52. The van der Waals surface area contributed by atoms with Crippen molar-refractivity contribution in [1.82, 2.24) is 15.0 Å². The van der Waals surface area contributed by atoms with Crippen LogP contribution in [0.15, 0.2) is 47.0 Å². The number of nitrogens with zero attached hydrogens (tertiary/aromatic N) is 3. The fourth-order valence-electron chi connectivity index (χ4n) is 7.94. The van der Waals surface area contributed by atoms with E-state index >= 15 is 0 Å². The molecule has 1 N–H and O–H groups in total. The Labute approximate surface area is 231 Å². The number of likely N-dealkylation sites (tertiary alicyclic amines) is 1. The Kier molecular flexibility index (Phi) is 6.16. The van der Waals surface area contributed by atoms with Gasteiger partial charge in [0.25, 0.3) is 5.89 Å². The highest BCUT2D eigenvalue weighted by Gasteiger charge is 2.57. The summed E-state index contributed by atoms with van der Waals surface area (Å²) in [7, 11) is 0. The van der Waals surface area contributed by atoms with Crippen LogP contribution in [-0.4, -0.2) is 44.2 Å². The molecule has 4 saturated carbocycles. The van der Waals surface area contributed by atoms with E-state index < -0.39 is 5.60 Å². The molecule has 3 aromatic rings. The highest BCUT2D eigenvalue weighted by molar-refractivity contribution is 6.31. The van der Waals surface area contributed by atoms with Crippen LogP contribution in [0.4, 0.5) is 4.39 Å². The molecule has 3 atom stereocenters. The fraction of sp³-hybridized carbons (Fsp3) is 0.500. The topological polar surface area (TPSA) is 88.7 Å². The summed E-state index contributed by atoms with van der Waals surface area (Å²) in [5.41, 5.74) is 1.10. The summed E-state index contributed by atoms with van der Waals surface area (Å²) < 4.78 is 24.2. The van der Waals surface area contributed by atoms with Crippen molar-refractivity contribution in [2.75, 3.05) is 6.54 Å². The lowest BCUT2D eigenvalue weighted by molar-refractivity contribution is -0.168. The highest BCUT2D eigenvalue weighted by Crippen LogP contribution is 2.57. The van der Waals surface area contributed by atoms with Gasteiger partial charge in [0, 0.05) is 29.1 Å². The molecule has 3 unspecified atom stereocenters. The summed E-state index contributed by atoms with van der Waals surface area (Å²) in [5.74, 6) is 2.57. The van der Waals surface area contributed by atoms with Gasteiger partial charge in [-0.25, -0.2) is 4.39 Å². The molecule has 0 spiro atoms. The second-order valence-corrected chi connectivity index (χ2v) is 12.4. The van der Waals surface area contributed by atoms with Crippen LogP contribution in [0, 0.1) is 29.5 Å². The van der Waals surface area contributed by atoms with Gasteiger partial charge in [0.05, 0.1) is 5.60 Å². The van der Waals surface area contributed by atoms with Gasteiger partial charge < -0.3 is 19.3 Å². The number of benzene rings is 2. The molecule has 2 heterocycles. The van der Waals surface area contributed by atoms with Crippen LogP contribution in [0.3, 0.4) is 0 Å². The van der Waals surface area contributed by atoms with Gasteiger partial charge >= 0.3 is 0 Å². The maximum absolute atomic E-state index is 13.5. The van der Waals surface area contributed by atoms with Crippen LogP contribution in [0.5, 0.6) is 5.75 Å². The summed E-state index contributed by atoms with van der Waals surface area (Å²) in [5, 5.41) is 15.4. The summed E-state index contributed by atoms with van der Waals surface area (Å²) in [6.07, 6.45) is 6.41. The number of halogens is 2. The Morgan fingerprint density at radius 2 is 1.90 bits per heavy atom. The highest BCUT2D eigenvalue weighted by atomic mass is 35.5. The molecule has 9 heteroatoms. The van der Waals surface area contributed by atoms with E-state index in [4.69, 9.17) is 20.9 Å². The van der Waals surface area contributed by atoms with Crippen LogP contribution in [0.2, 0.25) is 5.02 Å². The Morgan fingerprint density at radius 1 is 1.13 bits per heavy atom. The standard InChI is InChI=1S/C30H31ClFN3O4/c31-25-12-24(38-16-26-33-28(34-39-26)18-1-4-23(32)5-2-18)6-3-19(25)11-20-7-8-35(29(20)36)27-21-9-17-10-22(27)15-30(37,13-17)14-21/h1-6,12,17,20-22,27,37H,7-11,13-16H2. The van der Waals surface area contributed by atoms with Crippen LogP contribution in [-0.2, 0) is 17.8 Å². The van der Waals surface area contributed by atoms with Gasteiger partial charge in [-0.15, -0.1) is 0 Å². The third-order valence-electron chi connectivity index (χ3n) is 9.33. The second-order valence-electron chi connectivity index (χ2n) is 12.0. The van der Waals surface area contributed by atoms with Crippen LogP contribution >= 0.6 is 11.6 Å². The van der Waals surface area contributed by atoms with Crippen LogP contribution in [0.25, 0.3) is 11.4 Å². The van der Waals surface area contributed by atoms with Crippen molar-refractivity contribution in [3.05, 3.63) is 64.8 Å². The van der Waals surface area contributed by atoms with E-state index in [1.54, 1.807) is 18.2 Å². The zero-order valence-corrected chi connectivity index (χ0v) is 22.3. The van der Waals surface area contributed by atoms with Gasteiger partial charge in [-0.05, 0) is 105 Å². The summed E-state index contributed by atoms with van der Waals surface area (Å²) in [4.78, 5) is 20.0. The van der Waals surface area contributed by atoms with Crippen molar-refractivity contribution in [3.63, 3.8) is 0 Å². The zero-order valence-electron chi connectivity index (χ0n) is 21.6. The maximum atomic E-state index is 13.5. The number of aromatic nitrogens is 2. The molecule has 0 radical (unpaired) electrons. The van der Waals surface area contributed by atoms with Crippen molar-refractivity contribution in [1.29, 1.82) is 0 Å². The van der Waals surface area contributed by atoms with Gasteiger partial charge in [0.1, 0.15) is 11.6 Å². The lowest BCUT2D eigenvalue weighted by Crippen LogP contribution is -2.62. The molecule has 204 valence electrons. The molecule has 1 amide bonds. The van der Waals surface area contributed by atoms with Gasteiger partial charge in [-0.2, -0.15) is 4.98 Å². The van der Waals surface area contributed by atoms with Gasteiger partial charge in [0.15, 0.2) is 6.61 Å². The molecule has 4 bridgehead atoms. The minimum atomic E-state index is -0.485. The van der Waals surface area contributed by atoms with Crippen LogP contribution < -0.4 is 4.74 Å². The van der Waals surface area contributed by atoms with E-state index in [1.165, 1.54) is 12.1 Å². The van der Waals surface area contributed by atoms with Crippen molar-refractivity contribution < 1.29 is 23.6 Å². The van der Waals surface area contributed by atoms with E-state index in [0.717, 1.165) is 50.6 Å². The lowest BCUT2D eigenvalue weighted by Gasteiger charge is -2.59. The molecule has 2 aromatic carbocycles. The zero-order chi connectivity index (χ0) is 26.7. The Balaban J connectivity index is 0.966. The number of rotatable bonds is 7. The number of ether oxygens (including phenoxy) is 1. The number of hydrogen-bond acceptors (Lipinski definition) is 6. The molecule has 7 nitrogen and oxygen atoms in total. The van der Waals surface area contributed by atoms with E-state index in [2.05, 4.69) is 15.0 Å². The first-order valence-corrected chi connectivity index (χ1v) is 14.2. The van der Waals surface area contributed by atoms with Gasteiger partial charge in [-0.3, -0.25) is 4.79 Å². The van der Waals surface area contributed by atoms with Crippen LogP contribution in [0.1, 0.15) is 50.0 Å². The van der Waals surface area contributed by atoms with Gasteiger partial charge in [-0.1, -0.05) is 22.8 Å². The average Bonchev–Trinajstić information content (AvgIpc) is 3.51. The number of carbonyl (C=O) groups is 1. The molecular formula is C30H31ClFN3O4. The monoisotopic (exact) mass is 551 g/mol. The predicted octanol–water partition coefficient (Wildman–Crippen LogP) is 5.44. The Bertz CT molecular complexity index is 1380. The Morgan fingerprint density at radius 3 is 2.62 bits per heavy atom. The molecule has 5 aliphatic rings. The quantitative estimate of drug-likeness (QED) is 0.421. The molecule has 5 fully saturated rings. The van der Waals surface area contributed by atoms with E-state index in [9.17, 15) is 14.3 Å². The number of hydrogen-bond donors (Lipinski definition) is 1. The molecule has 1 aromatic heterocycles. The van der Waals surface area contributed by atoms with Crippen molar-refractivity contribution in [2.45, 2.75) is 63.2 Å². The fourth-order valence-corrected chi connectivity index (χ4v) is 8.18. The van der Waals surface area contributed by atoms with E-state index in [-0.39, 0.29) is 24.2 Å². The molecule has 4 aliphatic carbocycles. The number of aliphatic hydroxyl groups is 1. The summed E-state index contributed by atoms with van der Waals surface area (Å²) >= 11 is 6.62. The molecule has 8 rings (SSSR count). The third kappa shape index (κ3) is 4.72. The largest absolute Gasteiger partial charge is 0.484 e. The molecular weight excluding hydrogens is 521 g/mol. The SMILES string of the molecule is O=C1C(Cc2ccc(OCc3nc(-c4ccc(F)cc4)no3)cc2Cl)CCN1C1C2CC3CC1CC(O)(C3)C2. The van der Waals surface area contributed by atoms with Crippen molar-refractivity contribution >= 4 is 17.5 Å². The maximum Gasteiger partial charge on any atom is 0.264 e. The van der Waals surface area contributed by atoms with E-state index in [0.29, 0.717) is 58.3 Å². The van der Waals surface area contributed by atoms with E-state index in [1.807, 2.05) is 12.1 Å². The summed E-state index contributed by atoms with van der Waals surface area (Å²) in [6, 6.07) is 11.7. The van der Waals surface area contributed by atoms with Gasteiger partial charge in [0.2, 0.25) is 11.7 Å². The molecule has 39 heavy (non-hydrogen) atoms. The smallest absolute Gasteiger partial charge is 0.264 e. The second kappa shape index (κ2) is 9.59. The number of amides is 1. The predicted molar refractivity (Wildman–Crippen MR) is 141 cm³/mol. The first kappa shape index (κ1) is 25.0. The average molecular weight is 552 g/mol. The minimum absolute atomic E-state index is 0.0691.